The van der Waals surface area contributed by atoms with E-state index in [-0.39, 0.29) is 10.8 Å². The van der Waals surface area contributed by atoms with Crippen LogP contribution in [-0.2, 0) is 14.8 Å². The second-order valence-electron chi connectivity index (χ2n) is 10.8. The summed E-state index contributed by atoms with van der Waals surface area (Å²) in [6.45, 7) is 9.94. The first-order valence-electron chi connectivity index (χ1n) is 13.2. The molecule has 208 valence electrons. The lowest BCUT2D eigenvalue weighted by atomic mass is 9.95. The fraction of sp³-hybridized carbons (Fsp3) is 0.367. The van der Waals surface area contributed by atoms with Gasteiger partial charge in [0.1, 0.15) is 10.6 Å². The van der Waals surface area contributed by atoms with Crippen LogP contribution in [0, 0.1) is 5.41 Å². The summed E-state index contributed by atoms with van der Waals surface area (Å²) in [5.41, 5.74) is 2.32. The first-order chi connectivity index (χ1) is 18.5. The van der Waals surface area contributed by atoms with Crippen LogP contribution in [0.5, 0.6) is 5.75 Å². The summed E-state index contributed by atoms with van der Waals surface area (Å²) >= 11 is 0. The maximum Gasteiger partial charge on any atom is 0.243 e. The predicted octanol–water partition coefficient (Wildman–Crippen LogP) is 5.05. The second-order valence-corrected chi connectivity index (χ2v) is 12.5. The van der Waals surface area contributed by atoms with Gasteiger partial charge in [0.15, 0.2) is 0 Å². The van der Waals surface area contributed by atoms with Crippen molar-refractivity contribution in [2.24, 2.45) is 5.41 Å². The Labute approximate surface area is 232 Å². The Morgan fingerprint density at radius 1 is 0.872 bits per heavy atom. The van der Waals surface area contributed by atoms with E-state index in [2.05, 4.69) is 19.8 Å². The van der Waals surface area contributed by atoms with Crippen molar-refractivity contribution in [2.75, 3.05) is 48.4 Å². The number of nitrogens with zero attached hydrogens (tertiary/aromatic N) is 2. The molecule has 1 aliphatic rings. The van der Waals surface area contributed by atoms with Crippen LogP contribution in [0.2, 0.25) is 0 Å². The Morgan fingerprint density at radius 3 is 2.08 bits per heavy atom. The number of hydrogen-bond acceptors (Lipinski definition) is 6. The molecule has 1 saturated heterocycles. The molecule has 1 fully saturated rings. The van der Waals surface area contributed by atoms with Gasteiger partial charge >= 0.3 is 0 Å². The maximum absolute atomic E-state index is 13.8. The lowest BCUT2D eigenvalue weighted by molar-refractivity contribution is -0.123. The fourth-order valence-electron chi connectivity index (χ4n) is 4.57. The van der Waals surface area contributed by atoms with Crippen LogP contribution < -0.4 is 24.6 Å². The number of methoxy groups -OCH3 is 1. The number of carbonyl (C=O) groups excluding carboxylic acids is 1. The molecule has 39 heavy (non-hydrogen) atoms. The van der Waals surface area contributed by atoms with Crippen LogP contribution in [0.15, 0.2) is 77.7 Å². The Kier molecular flexibility index (Phi) is 8.51. The molecule has 3 aromatic carbocycles. The Hall–Kier alpha value is -3.56. The third-order valence-corrected chi connectivity index (χ3v) is 8.44. The zero-order valence-electron chi connectivity index (χ0n) is 23.3. The molecule has 0 bridgehead atoms. The van der Waals surface area contributed by atoms with Crippen LogP contribution in [0.25, 0.3) is 0 Å². The Bertz CT molecular complexity index is 1400. The molecular weight excluding hydrogens is 512 g/mol. The summed E-state index contributed by atoms with van der Waals surface area (Å²) in [5, 5.41) is 2.88. The molecule has 1 aliphatic heterocycles. The van der Waals surface area contributed by atoms with Crippen molar-refractivity contribution in [3.8, 4) is 5.75 Å². The standard InChI is InChI=1S/C30H38N4O4S/c1-22(23-11-7-6-8-12-23)32-39(36,37)28-21-24(31-29(35)30(2,3)4)15-16-26(28)34-19-17-33(18-20-34)25-13-9-10-14-27(25)38-5/h6-16,21-22,32H,17-20H2,1-5H3,(H,31,35)/t22-/m1/s1. The van der Waals surface area contributed by atoms with E-state index in [0.29, 0.717) is 37.6 Å². The van der Waals surface area contributed by atoms with Crippen molar-refractivity contribution in [1.29, 1.82) is 0 Å². The molecule has 1 heterocycles. The van der Waals surface area contributed by atoms with Gasteiger partial charge in [0.05, 0.1) is 18.5 Å². The van der Waals surface area contributed by atoms with Crippen LogP contribution in [0.1, 0.15) is 39.3 Å². The van der Waals surface area contributed by atoms with Gasteiger partial charge < -0.3 is 19.9 Å². The highest BCUT2D eigenvalue weighted by atomic mass is 32.2. The van der Waals surface area contributed by atoms with Crippen molar-refractivity contribution in [3.63, 3.8) is 0 Å². The van der Waals surface area contributed by atoms with E-state index in [1.807, 2.05) is 82.3 Å². The molecule has 0 unspecified atom stereocenters. The molecule has 4 rings (SSSR count). The number of anilines is 3. The van der Waals surface area contributed by atoms with Gasteiger partial charge in [-0.2, -0.15) is 0 Å². The van der Waals surface area contributed by atoms with Crippen molar-refractivity contribution >= 4 is 33.0 Å². The first kappa shape index (κ1) is 28.4. The molecule has 2 N–H and O–H groups in total. The monoisotopic (exact) mass is 550 g/mol. The van der Waals surface area contributed by atoms with Crippen LogP contribution in [0.3, 0.4) is 0 Å². The number of piperazine rings is 1. The van der Waals surface area contributed by atoms with E-state index in [1.165, 1.54) is 0 Å². The van der Waals surface area contributed by atoms with E-state index in [4.69, 9.17) is 4.74 Å². The number of para-hydroxylation sites is 2. The second kappa shape index (κ2) is 11.7. The molecule has 0 spiro atoms. The third-order valence-electron chi connectivity index (χ3n) is 6.87. The third kappa shape index (κ3) is 6.72. The minimum Gasteiger partial charge on any atom is -0.495 e. The lowest BCUT2D eigenvalue weighted by Gasteiger charge is -2.38. The lowest BCUT2D eigenvalue weighted by Crippen LogP contribution is -2.47. The summed E-state index contributed by atoms with van der Waals surface area (Å²) < 4.78 is 36.0. The number of sulfonamides is 1. The molecule has 3 aromatic rings. The topological polar surface area (TPSA) is 91.0 Å². The molecule has 0 saturated carbocycles. The number of ether oxygens (including phenoxy) is 1. The van der Waals surface area contributed by atoms with Crippen LogP contribution >= 0.6 is 0 Å². The van der Waals surface area contributed by atoms with Crippen molar-refractivity contribution in [1.82, 2.24) is 4.72 Å². The average Bonchev–Trinajstić information content (AvgIpc) is 2.93. The zero-order chi connectivity index (χ0) is 28.2. The molecule has 1 atom stereocenters. The molecule has 0 aliphatic carbocycles. The van der Waals surface area contributed by atoms with Gasteiger partial charge in [-0.25, -0.2) is 13.1 Å². The van der Waals surface area contributed by atoms with Gasteiger partial charge in [0.25, 0.3) is 0 Å². The quantitative estimate of drug-likeness (QED) is 0.408. The molecule has 0 radical (unpaired) electrons. The summed E-state index contributed by atoms with van der Waals surface area (Å²) in [6.07, 6.45) is 0. The van der Waals surface area contributed by atoms with Gasteiger partial charge in [0, 0.05) is 43.3 Å². The number of rotatable bonds is 8. The average molecular weight is 551 g/mol. The van der Waals surface area contributed by atoms with E-state index in [9.17, 15) is 13.2 Å². The maximum atomic E-state index is 13.8. The molecule has 9 heteroatoms. The molecular formula is C30H38N4O4S. The highest BCUT2D eigenvalue weighted by Crippen LogP contribution is 2.33. The van der Waals surface area contributed by atoms with E-state index in [0.717, 1.165) is 17.0 Å². The van der Waals surface area contributed by atoms with Crippen LogP contribution in [0.4, 0.5) is 17.1 Å². The van der Waals surface area contributed by atoms with Gasteiger partial charge in [-0.05, 0) is 42.8 Å². The van der Waals surface area contributed by atoms with Gasteiger partial charge in [-0.1, -0.05) is 63.2 Å². The molecule has 1 amide bonds. The van der Waals surface area contributed by atoms with Crippen molar-refractivity contribution in [2.45, 2.75) is 38.6 Å². The van der Waals surface area contributed by atoms with E-state index < -0.39 is 21.5 Å². The number of amides is 1. The largest absolute Gasteiger partial charge is 0.495 e. The summed E-state index contributed by atoms with van der Waals surface area (Å²) in [6, 6.07) is 22.0. The smallest absolute Gasteiger partial charge is 0.243 e. The first-order valence-corrected chi connectivity index (χ1v) is 14.6. The highest BCUT2D eigenvalue weighted by molar-refractivity contribution is 7.89. The Morgan fingerprint density at radius 2 is 1.46 bits per heavy atom. The van der Waals surface area contributed by atoms with Crippen molar-refractivity contribution < 1.29 is 17.9 Å². The number of nitrogens with one attached hydrogen (secondary N) is 2. The van der Waals surface area contributed by atoms with E-state index in [1.54, 1.807) is 25.3 Å². The molecule has 0 aromatic heterocycles. The summed E-state index contributed by atoms with van der Waals surface area (Å²) in [5.74, 6) is 0.627. The number of benzene rings is 3. The zero-order valence-corrected chi connectivity index (χ0v) is 24.1. The van der Waals surface area contributed by atoms with Gasteiger partial charge in [-0.3, -0.25) is 4.79 Å². The SMILES string of the molecule is COc1ccccc1N1CCN(c2ccc(NC(=O)C(C)(C)C)cc2S(=O)(=O)N[C@H](C)c2ccccc2)CC1. The normalized spacial score (nSPS) is 15.1. The minimum atomic E-state index is -3.93. The van der Waals surface area contributed by atoms with Crippen molar-refractivity contribution in [3.05, 3.63) is 78.4 Å². The number of hydrogen-bond donors (Lipinski definition) is 2. The van der Waals surface area contributed by atoms with Gasteiger partial charge in [-0.15, -0.1) is 0 Å². The highest BCUT2D eigenvalue weighted by Gasteiger charge is 2.29. The Balaban J connectivity index is 1.63. The van der Waals surface area contributed by atoms with E-state index >= 15 is 0 Å². The molecule has 8 nitrogen and oxygen atoms in total. The fourth-order valence-corrected chi connectivity index (χ4v) is 6.06. The van der Waals surface area contributed by atoms with Gasteiger partial charge in [0.2, 0.25) is 15.9 Å². The summed E-state index contributed by atoms with van der Waals surface area (Å²) in [4.78, 5) is 17.1. The summed E-state index contributed by atoms with van der Waals surface area (Å²) in [7, 11) is -2.27. The predicted molar refractivity (Wildman–Crippen MR) is 157 cm³/mol. The minimum absolute atomic E-state index is 0.141. The van der Waals surface area contributed by atoms with Crippen LogP contribution in [-0.4, -0.2) is 47.6 Å². The number of carbonyl (C=O) groups is 1.